The SMILES string of the molecule is Cc1cc(C)c2ncc(C#N)c(NCCN(C)S(=O)(=O)c3cccs3)c2c1. The normalized spacial score (nSPS) is 11.7. The smallest absolute Gasteiger partial charge is 0.252 e. The van der Waals surface area contributed by atoms with Crippen molar-refractivity contribution in [1.82, 2.24) is 9.29 Å². The van der Waals surface area contributed by atoms with Crippen LogP contribution in [-0.2, 0) is 10.0 Å². The first-order chi connectivity index (χ1) is 12.8. The molecule has 8 heteroatoms. The zero-order valence-corrected chi connectivity index (χ0v) is 17.0. The summed E-state index contributed by atoms with van der Waals surface area (Å²) >= 11 is 1.20. The first kappa shape index (κ1) is 19.3. The Kier molecular flexibility index (Phi) is 5.46. The van der Waals surface area contributed by atoms with E-state index in [9.17, 15) is 13.7 Å². The van der Waals surface area contributed by atoms with Crippen molar-refractivity contribution >= 4 is 38.0 Å². The number of thiophene rings is 1. The van der Waals surface area contributed by atoms with E-state index < -0.39 is 10.0 Å². The Bertz CT molecular complexity index is 1120. The lowest BCUT2D eigenvalue weighted by atomic mass is 10.0. The van der Waals surface area contributed by atoms with E-state index in [2.05, 4.69) is 16.4 Å². The van der Waals surface area contributed by atoms with Crippen molar-refractivity contribution < 1.29 is 8.42 Å². The maximum Gasteiger partial charge on any atom is 0.252 e. The molecule has 3 rings (SSSR count). The summed E-state index contributed by atoms with van der Waals surface area (Å²) in [5.41, 5.74) is 4.08. The zero-order valence-electron chi connectivity index (χ0n) is 15.4. The summed E-state index contributed by atoms with van der Waals surface area (Å²) in [5, 5.41) is 15.3. The molecule has 0 saturated heterocycles. The van der Waals surface area contributed by atoms with Gasteiger partial charge in [0.1, 0.15) is 10.3 Å². The Labute approximate surface area is 163 Å². The van der Waals surface area contributed by atoms with Crippen LogP contribution < -0.4 is 5.32 Å². The van der Waals surface area contributed by atoms with Gasteiger partial charge in [0, 0.05) is 31.7 Å². The first-order valence-electron chi connectivity index (χ1n) is 8.38. The Morgan fingerprint density at radius 3 is 2.78 bits per heavy atom. The van der Waals surface area contributed by atoms with Crippen LogP contribution in [0.2, 0.25) is 0 Å². The summed E-state index contributed by atoms with van der Waals surface area (Å²) < 4.78 is 26.7. The molecule has 27 heavy (non-hydrogen) atoms. The lowest BCUT2D eigenvalue weighted by Crippen LogP contribution is -2.31. The molecule has 0 bridgehead atoms. The molecule has 0 aliphatic carbocycles. The van der Waals surface area contributed by atoms with Crippen LogP contribution in [0.25, 0.3) is 10.9 Å². The van der Waals surface area contributed by atoms with Gasteiger partial charge in [0.2, 0.25) is 0 Å². The number of benzene rings is 1. The summed E-state index contributed by atoms with van der Waals surface area (Å²) in [7, 11) is -1.93. The third-order valence-corrected chi connectivity index (χ3v) is 7.54. The van der Waals surface area contributed by atoms with E-state index in [4.69, 9.17) is 0 Å². The van der Waals surface area contributed by atoms with Crippen molar-refractivity contribution in [3.05, 3.63) is 52.5 Å². The van der Waals surface area contributed by atoms with E-state index in [-0.39, 0.29) is 6.54 Å². The van der Waals surface area contributed by atoms with Crippen molar-refractivity contribution in [1.29, 1.82) is 5.26 Å². The summed E-state index contributed by atoms with van der Waals surface area (Å²) in [6.45, 7) is 4.64. The fraction of sp³-hybridized carbons (Fsp3) is 0.263. The monoisotopic (exact) mass is 400 g/mol. The van der Waals surface area contributed by atoms with Gasteiger partial charge in [0.05, 0.1) is 16.8 Å². The highest BCUT2D eigenvalue weighted by Gasteiger charge is 2.21. The van der Waals surface area contributed by atoms with Crippen molar-refractivity contribution in [2.75, 3.05) is 25.5 Å². The minimum absolute atomic E-state index is 0.277. The van der Waals surface area contributed by atoms with Crippen LogP contribution in [0.5, 0.6) is 0 Å². The molecule has 0 amide bonds. The van der Waals surface area contributed by atoms with Crippen LogP contribution in [0.15, 0.2) is 40.1 Å². The second kappa shape index (κ2) is 7.64. The summed E-state index contributed by atoms with van der Waals surface area (Å²) in [6, 6.07) is 9.52. The second-order valence-corrected chi connectivity index (χ2v) is 9.54. The van der Waals surface area contributed by atoms with Gasteiger partial charge >= 0.3 is 0 Å². The fourth-order valence-corrected chi connectivity index (χ4v) is 5.33. The van der Waals surface area contributed by atoms with Crippen molar-refractivity contribution in [3.8, 4) is 6.07 Å². The Hall–Kier alpha value is -2.47. The number of rotatable bonds is 6. The summed E-state index contributed by atoms with van der Waals surface area (Å²) in [6.07, 6.45) is 1.55. The van der Waals surface area contributed by atoms with Gasteiger partial charge in [-0.15, -0.1) is 11.3 Å². The molecule has 0 spiro atoms. The van der Waals surface area contributed by atoms with E-state index in [0.717, 1.165) is 22.0 Å². The molecule has 0 saturated carbocycles. The third-order valence-electron chi connectivity index (χ3n) is 4.31. The van der Waals surface area contributed by atoms with Crippen LogP contribution >= 0.6 is 11.3 Å². The van der Waals surface area contributed by atoms with E-state index >= 15 is 0 Å². The molecule has 0 radical (unpaired) electrons. The zero-order chi connectivity index (χ0) is 19.6. The number of nitriles is 1. The maximum atomic E-state index is 12.5. The number of anilines is 1. The van der Waals surface area contributed by atoms with Gasteiger partial charge < -0.3 is 5.32 Å². The van der Waals surface area contributed by atoms with E-state index in [0.29, 0.717) is 22.0 Å². The van der Waals surface area contributed by atoms with Gasteiger partial charge in [-0.2, -0.15) is 9.57 Å². The lowest BCUT2D eigenvalue weighted by Gasteiger charge is -2.18. The molecule has 140 valence electrons. The molecule has 0 aliphatic heterocycles. The number of nitrogens with one attached hydrogen (secondary N) is 1. The van der Waals surface area contributed by atoms with Gasteiger partial charge in [0.15, 0.2) is 0 Å². The van der Waals surface area contributed by atoms with Crippen LogP contribution in [0.3, 0.4) is 0 Å². The number of fused-ring (bicyclic) bond motifs is 1. The second-order valence-electron chi connectivity index (χ2n) is 6.32. The maximum absolute atomic E-state index is 12.5. The van der Waals surface area contributed by atoms with Gasteiger partial charge in [-0.05, 0) is 36.9 Å². The minimum Gasteiger partial charge on any atom is -0.382 e. The fourth-order valence-electron chi connectivity index (χ4n) is 2.96. The molecule has 0 fully saturated rings. The number of hydrogen-bond donors (Lipinski definition) is 1. The van der Waals surface area contributed by atoms with Crippen LogP contribution in [-0.4, -0.2) is 37.8 Å². The minimum atomic E-state index is -3.49. The summed E-state index contributed by atoms with van der Waals surface area (Å²) in [5.74, 6) is 0. The molecule has 6 nitrogen and oxygen atoms in total. The number of aromatic nitrogens is 1. The highest BCUT2D eigenvalue weighted by Crippen LogP contribution is 2.29. The Morgan fingerprint density at radius 2 is 2.11 bits per heavy atom. The average Bonchev–Trinajstić information content (AvgIpc) is 3.17. The van der Waals surface area contributed by atoms with Crippen LogP contribution in [0.4, 0.5) is 5.69 Å². The largest absolute Gasteiger partial charge is 0.382 e. The first-order valence-corrected chi connectivity index (χ1v) is 10.7. The quantitative estimate of drug-likeness (QED) is 0.684. The molecule has 0 atom stereocenters. The van der Waals surface area contributed by atoms with Gasteiger partial charge in [0.25, 0.3) is 10.0 Å². The summed E-state index contributed by atoms with van der Waals surface area (Å²) in [4.78, 5) is 4.40. The number of nitrogens with zero attached hydrogens (tertiary/aromatic N) is 3. The molecule has 0 aliphatic rings. The van der Waals surface area contributed by atoms with E-state index in [1.165, 1.54) is 15.6 Å². The molecule has 0 unspecified atom stereocenters. The highest BCUT2D eigenvalue weighted by molar-refractivity contribution is 7.91. The number of pyridine rings is 1. The number of hydrogen-bond acceptors (Lipinski definition) is 6. The lowest BCUT2D eigenvalue weighted by molar-refractivity contribution is 0.482. The molecule has 1 N–H and O–H groups in total. The van der Waals surface area contributed by atoms with Gasteiger partial charge in [-0.3, -0.25) is 4.98 Å². The van der Waals surface area contributed by atoms with Crippen LogP contribution in [0.1, 0.15) is 16.7 Å². The van der Waals surface area contributed by atoms with Crippen LogP contribution in [0, 0.1) is 25.2 Å². The molecular weight excluding hydrogens is 380 g/mol. The molecule has 2 aromatic heterocycles. The van der Waals surface area contributed by atoms with Gasteiger partial charge in [-0.1, -0.05) is 17.7 Å². The number of likely N-dealkylation sites (N-methyl/N-ethyl adjacent to an activating group) is 1. The van der Waals surface area contributed by atoms with Crippen molar-refractivity contribution in [3.63, 3.8) is 0 Å². The Morgan fingerprint density at radius 1 is 1.33 bits per heavy atom. The average molecular weight is 401 g/mol. The third kappa shape index (κ3) is 3.81. The predicted molar refractivity (Wildman–Crippen MR) is 109 cm³/mol. The van der Waals surface area contributed by atoms with Gasteiger partial charge in [-0.25, -0.2) is 8.42 Å². The number of aryl methyl sites for hydroxylation is 2. The number of sulfonamides is 1. The van der Waals surface area contributed by atoms with E-state index in [1.54, 1.807) is 30.8 Å². The standard InChI is InChI=1S/C19H20N4O2S2/c1-13-9-14(2)18-16(10-13)19(15(11-20)12-22-18)21-6-7-23(3)27(24,25)17-5-4-8-26-17/h4-5,8-10,12H,6-7H2,1-3H3,(H,21,22). The predicted octanol–water partition coefficient (Wildman–Crippen LogP) is 3.52. The molecule has 3 aromatic rings. The van der Waals surface area contributed by atoms with Crippen molar-refractivity contribution in [2.24, 2.45) is 0 Å². The Balaban J connectivity index is 1.84. The molecule has 2 heterocycles. The topological polar surface area (TPSA) is 86.1 Å². The molecular formula is C19H20N4O2S2. The highest BCUT2D eigenvalue weighted by atomic mass is 32.2. The van der Waals surface area contributed by atoms with E-state index in [1.807, 2.05) is 26.0 Å². The van der Waals surface area contributed by atoms with Crippen molar-refractivity contribution in [2.45, 2.75) is 18.1 Å². The molecule has 1 aromatic carbocycles.